The van der Waals surface area contributed by atoms with Crippen LogP contribution in [0.3, 0.4) is 0 Å². The van der Waals surface area contributed by atoms with Crippen LogP contribution in [0.4, 0.5) is 0 Å². The lowest BCUT2D eigenvalue weighted by Gasteiger charge is -2.27. The summed E-state index contributed by atoms with van der Waals surface area (Å²) in [6, 6.07) is 8.97. The van der Waals surface area contributed by atoms with Crippen LogP contribution in [0.2, 0.25) is 0 Å². The van der Waals surface area contributed by atoms with Gasteiger partial charge in [0, 0.05) is 30.9 Å². The molecule has 0 spiro atoms. The Morgan fingerprint density at radius 3 is 2.13 bits per heavy atom. The van der Waals surface area contributed by atoms with Crippen LogP contribution in [0.15, 0.2) is 52.4 Å². The topological polar surface area (TPSA) is 288 Å². The SMILES string of the molecule is NC(=O)[C@@H]1CSSC[C@@H](NC(=O)CCN=C(N)N)C(=O)N[C@H](CCCN=C(N)N)C(=O)N[C@@H](Cc2ccc3ccccc3c2)C(=O)N1. The number of primary amides is 1. The van der Waals surface area contributed by atoms with Crippen molar-refractivity contribution in [1.82, 2.24) is 21.3 Å². The van der Waals surface area contributed by atoms with E-state index >= 15 is 0 Å². The van der Waals surface area contributed by atoms with E-state index in [9.17, 15) is 24.0 Å². The summed E-state index contributed by atoms with van der Waals surface area (Å²) in [5.74, 6) is -3.33. The minimum Gasteiger partial charge on any atom is -0.370 e. The van der Waals surface area contributed by atoms with Gasteiger partial charge in [0.2, 0.25) is 29.5 Å². The Bertz CT molecular complexity index is 1500. The van der Waals surface area contributed by atoms with Gasteiger partial charge in [0.15, 0.2) is 11.9 Å². The van der Waals surface area contributed by atoms with Crippen LogP contribution in [0.1, 0.15) is 24.8 Å². The summed E-state index contributed by atoms with van der Waals surface area (Å²) in [7, 11) is 2.37. The van der Waals surface area contributed by atoms with E-state index in [1.54, 1.807) is 0 Å². The number of guanidine groups is 2. The fraction of sp³-hybridized carbons (Fsp3) is 0.414. The van der Waals surface area contributed by atoms with Gasteiger partial charge in [-0.3, -0.25) is 34.0 Å². The predicted octanol–water partition coefficient (Wildman–Crippen LogP) is -2.08. The molecule has 0 saturated carbocycles. The number of amides is 5. The molecular formula is C29H41N11O5S2. The molecule has 1 saturated heterocycles. The van der Waals surface area contributed by atoms with E-state index in [2.05, 4.69) is 31.3 Å². The van der Waals surface area contributed by atoms with E-state index < -0.39 is 53.7 Å². The zero-order chi connectivity index (χ0) is 34.3. The fourth-order valence-corrected chi connectivity index (χ4v) is 6.90. The van der Waals surface area contributed by atoms with Crippen molar-refractivity contribution in [2.45, 2.75) is 49.9 Å². The van der Waals surface area contributed by atoms with Crippen LogP contribution in [0, 0.1) is 0 Å². The molecule has 2 aromatic carbocycles. The average Bonchev–Trinajstić information content (AvgIpc) is 3.01. The summed E-state index contributed by atoms with van der Waals surface area (Å²) in [4.78, 5) is 73.5. The summed E-state index contributed by atoms with van der Waals surface area (Å²) in [6.45, 7) is 0.194. The number of carbonyl (C=O) groups excluding carboxylic acids is 5. The Morgan fingerprint density at radius 2 is 1.43 bits per heavy atom. The van der Waals surface area contributed by atoms with Crippen LogP contribution >= 0.6 is 21.6 Å². The molecule has 1 aliphatic rings. The number of carbonyl (C=O) groups is 5. The normalized spacial score (nSPS) is 20.9. The Labute approximate surface area is 279 Å². The van der Waals surface area contributed by atoms with E-state index in [1.165, 1.54) is 21.6 Å². The van der Waals surface area contributed by atoms with Crippen molar-refractivity contribution < 1.29 is 24.0 Å². The molecule has 14 N–H and O–H groups in total. The van der Waals surface area contributed by atoms with Gasteiger partial charge in [0.1, 0.15) is 24.2 Å². The Kier molecular flexibility index (Phi) is 14.4. The monoisotopic (exact) mass is 687 g/mol. The maximum atomic E-state index is 13.7. The smallest absolute Gasteiger partial charge is 0.244 e. The highest BCUT2D eigenvalue weighted by molar-refractivity contribution is 8.76. The lowest BCUT2D eigenvalue weighted by atomic mass is 10.00. The number of nitrogens with one attached hydrogen (secondary N) is 4. The molecule has 254 valence electrons. The van der Waals surface area contributed by atoms with Crippen LogP contribution in [0.5, 0.6) is 0 Å². The minimum atomic E-state index is -1.13. The van der Waals surface area contributed by atoms with Crippen molar-refractivity contribution in [3.8, 4) is 0 Å². The van der Waals surface area contributed by atoms with Crippen LogP contribution < -0.4 is 49.9 Å². The zero-order valence-electron chi connectivity index (χ0n) is 25.6. The van der Waals surface area contributed by atoms with Crippen molar-refractivity contribution in [1.29, 1.82) is 0 Å². The van der Waals surface area contributed by atoms with Gasteiger partial charge >= 0.3 is 0 Å². The maximum Gasteiger partial charge on any atom is 0.244 e. The van der Waals surface area contributed by atoms with Gasteiger partial charge in [-0.25, -0.2) is 0 Å². The number of hydrogen-bond donors (Lipinski definition) is 9. The Morgan fingerprint density at radius 1 is 0.787 bits per heavy atom. The standard InChI is InChI=1S/C29H41N11O5S2/c30-24(42)21-14-46-47-15-22(37-23(41)9-11-36-29(33)34)27(45)38-19(6-3-10-35-28(31)32)25(43)39-20(26(44)40-21)13-16-7-8-17-4-1-2-5-18(17)12-16/h1-2,4-5,7-8,12,19-22H,3,6,9-11,13-15H2,(H2,30,42)(H,37,41)(H,38,45)(H,39,43)(H,40,44)(H4,31,32,35)(H4,33,34,36)/t19-,20+,21+,22-/m1/s1. The van der Waals surface area contributed by atoms with Gasteiger partial charge in [0.25, 0.3) is 0 Å². The van der Waals surface area contributed by atoms with E-state index in [0.717, 1.165) is 16.3 Å². The van der Waals surface area contributed by atoms with Gasteiger partial charge < -0.3 is 49.9 Å². The zero-order valence-corrected chi connectivity index (χ0v) is 27.3. The minimum absolute atomic E-state index is 0.0127. The molecule has 1 heterocycles. The molecule has 0 radical (unpaired) electrons. The third kappa shape index (κ3) is 12.5. The predicted molar refractivity (Wildman–Crippen MR) is 185 cm³/mol. The van der Waals surface area contributed by atoms with Gasteiger partial charge in [-0.1, -0.05) is 64.1 Å². The van der Waals surface area contributed by atoms with Gasteiger partial charge in [-0.05, 0) is 29.2 Å². The number of hydrogen-bond acceptors (Lipinski definition) is 9. The van der Waals surface area contributed by atoms with Crippen molar-refractivity contribution in [2.24, 2.45) is 38.7 Å². The highest BCUT2D eigenvalue weighted by Gasteiger charge is 2.32. The second-order valence-electron chi connectivity index (χ2n) is 10.7. The molecule has 18 heteroatoms. The van der Waals surface area contributed by atoms with Crippen LogP contribution in [-0.4, -0.2) is 90.2 Å². The largest absolute Gasteiger partial charge is 0.370 e. The highest BCUT2D eigenvalue weighted by atomic mass is 33.1. The van der Waals surface area contributed by atoms with Crippen molar-refractivity contribution >= 4 is 73.8 Å². The molecular weight excluding hydrogens is 647 g/mol. The number of aliphatic imine (C=N–C) groups is 2. The van der Waals surface area contributed by atoms with E-state index in [0.29, 0.717) is 6.42 Å². The maximum absolute atomic E-state index is 13.7. The second-order valence-corrected chi connectivity index (χ2v) is 13.2. The second kappa shape index (κ2) is 18.4. The van der Waals surface area contributed by atoms with Crippen molar-refractivity contribution in [3.05, 3.63) is 48.0 Å². The van der Waals surface area contributed by atoms with Crippen LogP contribution in [-0.2, 0) is 30.4 Å². The molecule has 4 atom stereocenters. The van der Waals surface area contributed by atoms with Gasteiger partial charge in [0.05, 0.1) is 6.54 Å². The Balaban J connectivity index is 1.90. The molecule has 0 aliphatic carbocycles. The third-order valence-corrected chi connectivity index (χ3v) is 9.38. The first-order chi connectivity index (χ1) is 22.4. The number of benzene rings is 2. The summed E-state index contributed by atoms with van der Waals surface area (Å²) >= 11 is 0. The van der Waals surface area contributed by atoms with E-state index in [1.807, 2.05) is 42.5 Å². The van der Waals surface area contributed by atoms with Crippen LogP contribution in [0.25, 0.3) is 10.8 Å². The molecule has 47 heavy (non-hydrogen) atoms. The molecule has 0 bridgehead atoms. The van der Waals surface area contributed by atoms with Crippen molar-refractivity contribution in [2.75, 3.05) is 24.6 Å². The first kappa shape index (κ1) is 36.8. The quantitative estimate of drug-likeness (QED) is 0.0535. The highest BCUT2D eigenvalue weighted by Crippen LogP contribution is 2.24. The number of nitrogens with two attached hydrogens (primary N) is 5. The molecule has 16 nitrogen and oxygen atoms in total. The van der Waals surface area contributed by atoms with Gasteiger partial charge in [-0.15, -0.1) is 0 Å². The lowest BCUT2D eigenvalue weighted by molar-refractivity contribution is -0.134. The Hall–Kier alpha value is -4.71. The van der Waals surface area contributed by atoms with Gasteiger partial charge in [-0.2, -0.15) is 0 Å². The van der Waals surface area contributed by atoms with E-state index in [-0.39, 0.29) is 55.8 Å². The molecule has 1 aliphatic heterocycles. The molecule has 0 aromatic heterocycles. The molecule has 2 aromatic rings. The third-order valence-electron chi connectivity index (χ3n) is 6.96. The molecule has 0 unspecified atom stereocenters. The summed E-state index contributed by atoms with van der Waals surface area (Å²) in [5, 5.41) is 12.7. The first-order valence-electron chi connectivity index (χ1n) is 14.8. The first-order valence-corrected chi connectivity index (χ1v) is 17.2. The lowest BCUT2D eigenvalue weighted by Crippen LogP contribution is -2.59. The fourth-order valence-electron chi connectivity index (χ4n) is 4.56. The number of rotatable bonds is 11. The van der Waals surface area contributed by atoms with Crippen molar-refractivity contribution in [3.63, 3.8) is 0 Å². The number of fused-ring (bicyclic) bond motifs is 1. The number of nitrogens with zero attached hydrogens (tertiary/aromatic N) is 2. The summed E-state index contributed by atoms with van der Waals surface area (Å²) in [5.41, 5.74) is 27.9. The molecule has 3 rings (SSSR count). The molecule has 5 amide bonds. The van der Waals surface area contributed by atoms with E-state index in [4.69, 9.17) is 28.7 Å². The average molecular weight is 688 g/mol. The summed E-state index contributed by atoms with van der Waals surface area (Å²) < 4.78 is 0. The summed E-state index contributed by atoms with van der Waals surface area (Å²) in [6.07, 6.45) is 0.407. The molecule has 1 fully saturated rings.